The normalized spacial score (nSPS) is 20.9. The highest BCUT2D eigenvalue weighted by molar-refractivity contribution is 7.93. The number of hydrogen-bond donors (Lipinski definition) is 2. The number of sulfonamides is 1. The number of alkyl halides is 4. The van der Waals surface area contributed by atoms with E-state index < -0.39 is 101 Å². The molecule has 1 unspecified atom stereocenters. The number of halogens is 7. The zero-order chi connectivity index (χ0) is 46.8. The monoisotopic (exact) mass is 979 g/mol. The van der Waals surface area contributed by atoms with Gasteiger partial charge >= 0.3 is 0 Å². The van der Waals surface area contributed by atoms with Crippen LogP contribution >= 0.6 is 11.6 Å². The Morgan fingerprint density at radius 2 is 1.64 bits per heavy atom. The summed E-state index contributed by atoms with van der Waals surface area (Å²) in [6.45, 7) is 2.79. The molecule has 66 heavy (non-hydrogen) atoms. The maximum Gasteiger partial charge on any atom is 0.293 e. The Kier molecular flexibility index (Phi) is 10.9. The van der Waals surface area contributed by atoms with Crippen molar-refractivity contribution in [2.75, 3.05) is 17.9 Å². The van der Waals surface area contributed by atoms with Crippen molar-refractivity contribution in [2.45, 2.75) is 117 Å². The minimum absolute atomic E-state index is 0.0108. The molecule has 4 aliphatic carbocycles. The summed E-state index contributed by atoms with van der Waals surface area (Å²) in [4.78, 5) is 19.3. The molecule has 1 saturated heterocycles. The number of benzene rings is 2. The van der Waals surface area contributed by atoms with Crippen LogP contribution in [0.5, 0.6) is 0 Å². The van der Waals surface area contributed by atoms with E-state index in [1.54, 1.807) is 36.7 Å². The van der Waals surface area contributed by atoms with E-state index in [0.717, 1.165) is 12.1 Å². The van der Waals surface area contributed by atoms with Gasteiger partial charge in [-0.2, -0.15) is 19.0 Å². The standard InChI is InChI=1S/C44H44ClF6N7O6S2/c1-43(2,65(60,61)26-4-5-26)12-11-24-3-8-28(29-9-10-32(45)36-39(29)58(25-19-64-20-25)55-42(36)56-66(62,63)27-6-7-27)37(52-24)33(15-21-13-22(46)16-23(47)14-21)53-34(59)18-57-40-35(38(54-57)41(48)49)30-17-31(30)44(40,50)51/h3,8-10,13-14,16,25-27,30-31,33,41H,4-7,11-12,15,17-20H2,1-2H3,(H,53,59)(H,55,56)/t30?,31-,33+/m1/s1. The first-order valence-electron chi connectivity index (χ1n) is 21.7. The lowest BCUT2D eigenvalue weighted by atomic mass is 9.93. The molecule has 13 nitrogen and oxygen atoms in total. The molecule has 5 aromatic rings. The summed E-state index contributed by atoms with van der Waals surface area (Å²) in [6, 6.07) is 7.54. The molecule has 0 bridgehead atoms. The second-order valence-electron chi connectivity index (χ2n) is 18.7. The van der Waals surface area contributed by atoms with Gasteiger partial charge in [0.2, 0.25) is 15.9 Å². The second kappa shape index (κ2) is 15.9. The number of nitrogens with zero attached hydrogens (tertiary/aromatic N) is 5. The third-order valence-electron chi connectivity index (χ3n) is 13.4. The van der Waals surface area contributed by atoms with Gasteiger partial charge in [-0.3, -0.25) is 23.9 Å². The van der Waals surface area contributed by atoms with Gasteiger partial charge in [0, 0.05) is 34.4 Å². The molecule has 3 saturated carbocycles. The molecule has 4 heterocycles. The van der Waals surface area contributed by atoms with Crippen molar-refractivity contribution in [2.24, 2.45) is 5.92 Å². The smallest absolute Gasteiger partial charge is 0.293 e. The molecule has 1 amide bonds. The van der Waals surface area contributed by atoms with Crippen LogP contribution in [-0.2, 0) is 54.7 Å². The number of ether oxygens (including phenoxy) is 1. The van der Waals surface area contributed by atoms with E-state index >= 15 is 8.78 Å². The van der Waals surface area contributed by atoms with Gasteiger partial charge in [0.15, 0.2) is 15.7 Å². The van der Waals surface area contributed by atoms with E-state index in [-0.39, 0.29) is 78.0 Å². The number of fused-ring (bicyclic) bond motifs is 4. The molecule has 5 aliphatic rings. The summed E-state index contributed by atoms with van der Waals surface area (Å²) in [6.07, 6.45) is -1.19. The fraction of sp³-hybridized carbons (Fsp3) is 0.500. The minimum Gasteiger partial charge on any atom is -0.377 e. The molecule has 352 valence electrons. The van der Waals surface area contributed by atoms with Gasteiger partial charge < -0.3 is 10.1 Å². The zero-order valence-corrected chi connectivity index (χ0v) is 37.9. The van der Waals surface area contributed by atoms with E-state index in [0.29, 0.717) is 58.8 Å². The Hall–Kier alpha value is -4.73. The summed E-state index contributed by atoms with van der Waals surface area (Å²) in [5.41, 5.74) is -0.304. The Bertz CT molecular complexity index is 3020. The van der Waals surface area contributed by atoms with Crippen LogP contribution in [0.3, 0.4) is 0 Å². The van der Waals surface area contributed by atoms with Crippen molar-refractivity contribution in [1.82, 2.24) is 29.9 Å². The maximum atomic E-state index is 15.6. The molecule has 1 aliphatic heterocycles. The number of aryl methyl sites for hydroxylation is 1. The first-order chi connectivity index (χ1) is 31.1. The quantitative estimate of drug-likeness (QED) is 0.0873. The number of anilines is 1. The number of aromatic nitrogens is 5. The summed E-state index contributed by atoms with van der Waals surface area (Å²) in [7, 11) is -7.38. The van der Waals surface area contributed by atoms with Crippen LogP contribution in [-0.4, -0.2) is 75.7 Å². The van der Waals surface area contributed by atoms with Crippen molar-refractivity contribution in [3.8, 4) is 11.1 Å². The van der Waals surface area contributed by atoms with Crippen LogP contribution in [0.15, 0.2) is 42.5 Å². The number of rotatable bonds is 17. The lowest BCUT2D eigenvalue weighted by Crippen LogP contribution is -2.36. The number of sulfone groups is 1. The van der Waals surface area contributed by atoms with Crippen LogP contribution < -0.4 is 10.0 Å². The van der Waals surface area contributed by atoms with Crippen LogP contribution in [0.4, 0.5) is 32.2 Å². The number of carbonyl (C=O) groups excluding carboxylic acids is 1. The van der Waals surface area contributed by atoms with Crippen molar-refractivity contribution < 1.29 is 52.7 Å². The van der Waals surface area contributed by atoms with E-state index in [1.807, 2.05) is 0 Å². The van der Waals surface area contributed by atoms with Crippen molar-refractivity contribution >= 4 is 54.1 Å². The second-order valence-corrected chi connectivity index (χ2v) is 23.9. The average molecular weight is 980 g/mol. The molecule has 3 atom stereocenters. The van der Waals surface area contributed by atoms with Crippen LogP contribution in [0.25, 0.3) is 22.0 Å². The predicted octanol–water partition coefficient (Wildman–Crippen LogP) is 8.24. The molecular formula is C44H44ClF6N7O6S2. The van der Waals surface area contributed by atoms with Gasteiger partial charge in [0.05, 0.1) is 62.2 Å². The summed E-state index contributed by atoms with van der Waals surface area (Å²) in [5, 5.41) is 10.6. The number of amides is 1. The first kappa shape index (κ1) is 45.1. The van der Waals surface area contributed by atoms with Crippen molar-refractivity contribution in [1.29, 1.82) is 0 Å². The molecule has 3 aromatic heterocycles. The topological polar surface area (TPSA) is 167 Å². The molecule has 22 heteroatoms. The molecule has 4 fully saturated rings. The molecule has 10 rings (SSSR count). The largest absolute Gasteiger partial charge is 0.377 e. The van der Waals surface area contributed by atoms with Gasteiger partial charge in [0.25, 0.3) is 12.3 Å². The summed E-state index contributed by atoms with van der Waals surface area (Å²) < 4.78 is 152. The number of hydrogen-bond acceptors (Lipinski definition) is 9. The molecular weight excluding hydrogens is 936 g/mol. The van der Waals surface area contributed by atoms with E-state index in [4.69, 9.17) is 26.4 Å². The number of pyridine rings is 1. The Morgan fingerprint density at radius 1 is 0.955 bits per heavy atom. The predicted molar refractivity (Wildman–Crippen MR) is 231 cm³/mol. The fourth-order valence-electron chi connectivity index (χ4n) is 9.44. The Balaban J connectivity index is 1.11. The van der Waals surface area contributed by atoms with Crippen LogP contribution in [0, 0.1) is 17.6 Å². The van der Waals surface area contributed by atoms with Gasteiger partial charge in [-0.15, -0.1) is 0 Å². The molecule has 0 radical (unpaired) electrons. The van der Waals surface area contributed by atoms with Crippen molar-refractivity contribution in [3.05, 3.63) is 93.0 Å². The number of carbonyl (C=O) groups is 1. The minimum atomic E-state index is -3.86. The fourth-order valence-corrected chi connectivity index (χ4v) is 13.1. The average Bonchev–Trinajstić information content (AvgIpc) is 4.10. The van der Waals surface area contributed by atoms with Gasteiger partial charge in [0.1, 0.15) is 29.6 Å². The van der Waals surface area contributed by atoms with E-state index in [2.05, 4.69) is 15.1 Å². The Labute approximate surface area is 380 Å². The van der Waals surface area contributed by atoms with E-state index in [9.17, 15) is 39.2 Å². The van der Waals surface area contributed by atoms with Crippen molar-refractivity contribution in [3.63, 3.8) is 0 Å². The highest BCUT2D eigenvalue weighted by Gasteiger charge is 2.67. The first-order valence-corrected chi connectivity index (χ1v) is 25.2. The SMILES string of the molecule is CC(C)(CCc1ccc(-c2ccc(Cl)c3c(NS(=O)(=O)C4CC4)nn(C4COC4)c23)c([C@H](Cc2cc(F)cc(F)c2)NC(=O)Cn2nc(C(F)F)c3c2C(F)(F)[C@@H]2CC32)n1)S(=O)(=O)C1CC1. The maximum absolute atomic E-state index is 15.6. The van der Waals surface area contributed by atoms with E-state index in [1.165, 1.54) is 6.07 Å². The number of nitrogens with one attached hydrogen (secondary N) is 2. The summed E-state index contributed by atoms with van der Waals surface area (Å²) >= 11 is 6.86. The lowest BCUT2D eigenvalue weighted by molar-refractivity contribution is -0.123. The van der Waals surface area contributed by atoms with Gasteiger partial charge in [-0.05, 0) is 101 Å². The Morgan fingerprint density at radius 3 is 2.27 bits per heavy atom. The van der Waals surface area contributed by atoms with Gasteiger partial charge in [-0.1, -0.05) is 23.7 Å². The third kappa shape index (κ3) is 7.93. The molecule has 2 aromatic carbocycles. The summed E-state index contributed by atoms with van der Waals surface area (Å²) in [5.74, 6) is -8.40. The lowest BCUT2D eigenvalue weighted by Gasteiger charge is -2.28. The molecule has 0 spiro atoms. The van der Waals surface area contributed by atoms with Crippen LogP contribution in [0.2, 0.25) is 5.02 Å². The zero-order valence-electron chi connectivity index (χ0n) is 35.5. The highest BCUT2D eigenvalue weighted by atomic mass is 35.5. The van der Waals surface area contributed by atoms with Gasteiger partial charge in [-0.25, -0.2) is 34.4 Å². The highest BCUT2D eigenvalue weighted by Crippen LogP contribution is 2.68. The third-order valence-corrected chi connectivity index (χ3v) is 18.7. The van der Waals surface area contributed by atoms with Crippen LogP contribution in [0.1, 0.15) is 111 Å². The molecule has 2 N–H and O–H groups in total.